The lowest BCUT2D eigenvalue weighted by molar-refractivity contribution is -0.120. The molecule has 21 heavy (non-hydrogen) atoms. The SMILES string of the molecule is O=C1C2CN(Cc3ccoc3)CC2CN1c1ccccc1. The van der Waals surface area contributed by atoms with E-state index in [1.165, 1.54) is 5.56 Å². The van der Waals surface area contributed by atoms with Gasteiger partial charge in [-0.25, -0.2) is 0 Å². The number of benzene rings is 1. The average Bonchev–Trinajstić information content (AvgIpc) is 3.20. The van der Waals surface area contributed by atoms with Crippen molar-refractivity contribution in [3.8, 4) is 0 Å². The van der Waals surface area contributed by atoms with Crippen LogP contribution >= 0.6 is 0 Å². The van der Waals surface area contributed by atoms with Gasteiger partial charge in [0, 0.05) is 43.3 Å². The zero-order valence-electron chi connectivity index (χ0n) is 11.8. The molecule has 1 aromatic carbocycles. The van der Waals surface area contributed by atoms with Gasteiger partial charge >= 0.3 is 0 Å². The monoisotopic (exact) mass is 282 g/mol. The molecule has 0 spiro atoms. The van der Waals surface area contributed by atoms with Gasteiger partial charge in [-0.2, -0.15) is 0 Å². The first-order valence-corrected chi connectivity index (χ1v) is 7.41. The third-order valence-electron chi connectivity index (χ3n) is 4.57. The van der Waals surface area contributed by atoms with Crippen LogP contribution < -0.4 is 4.90 Å². The van der Waals surface area contributed by atoms with Crippen LogP contribution in [0.4, 0.5) is 5.69 Å². The number of hydrogen-bond acceptors (Lipinski definition) is 3. The Morgan fingerprint density at radius 3 is 2.67 bits per heavy atom. The normalized spacial score (nSPS) is 25.5. The van der Waals surface area contributed by atoms with Crippen molar-refractivity contribution >= 4 is 11.6 Å². The number of amides is 1. The molecule has 1 amide bonds. The Morgan fingerprint density at radius 2 is 1.95 bits per heavy atom. The number of fused-ring (bicyclic) bond motifs is 1. The Balaban J connectivity index is 1.45. The highest BCUT2D eigenvalue weighted by Gasteiger charge is 2.46. The average molecular weight is 282 g/mol. The smallest absolute Gasteiger partial charge is 0.231 e. The van der Waals surface area contributed by atoms with Crippen LogP contribution in [0, 0.1) is 11.8 Å². The lowest BCUT2D eigenvalue weighted by Crippen LogP contribution is -2.32. The second kappa shape index (κ2) is 5.04. The van der Waals surface area contributed by atoms with E-state index >= 15 is 0 Å². The molecule has 0 saturated carbocycles. The second-order valence-corrected chi connectivity index (χ2v) is 5.98. The summed E-state index contributed by atoms with van der Waals surface area (Å²) in [7, 11) is 0. The minimum atomic E-state index is 0.150. The summed E-state index contributed by atoms with van der Waals surface area (Å²) in [5.74, 6) is 0.877. The van der Waals surface area contributed by atoms with E-state index in [1.54, 1.807) is 12.5 Å². The molecule has 4 rings (SSSR count). The Hall–Kier alpha value is -2.07. The number of para-hydroxylation sites is 1. The van der Waals surface area contributed by atoms with Gasteiger partial charge in [0.2, 0.25) is 5.91 Å². The molecule has 2 atom stereocenters. The summed E-state index contributed by atoms with van der Waals surface area (Å²) in [6.45, 7) is 3.57. The lowest BCUT2D eigenvalue weighted by atomic mass is 10.0. The summed E-state index contributed by atoms with van der Waals surface area (Å²) in [5.41, 5.74) is 2.21. The highest BCUT2D eigenvalue weighted by Crippen LogP contribution is 2.35. The van der Waals surface area contributed by atoms with Gasteiger partial charge in [0.15, 0.2) is 0 Å². The molecule has 0 bridgehead atoms. The fraction of sp³-hybridized carbons (Fsp3) is 0.353. The summed E-state index contributed by atoms with van der Waals surface area (Å²) in [5, 5.41) is 0. The van der Waals surface area contributed by atoms with Crippen LogP contribution in [0.2, 0.25) is 0 Å². The van der Waals surface area contributed by atoms with Crippen molar-refractivity contribution in [1.82, 2.24) is 4.90 Å². The summed E-state index contributed by atoms with van der Waals surface area (Å²) < 4.78 is 5.11. The van der Waals surface area contributed by atoms with Crippen molar-refractivity contribution in [3.05, 3.63) is 54.5 Å². The molecule has 3 heterocycles. The molecule has 0 N–H and O–H groups in total. The number of anilines is 1. The van der Waals surface area contributed by atoms with Crippen LogP contribution in [-0.4, -0.2) is 30.4 Å². The second-order valence-electron chi connectivity index (χ2n) is 5.98. The van der Waals surface area contributed by atoms with Gasteiger partial charge in [0.05, 0.1) is 18.4 Å². The molecule has 2 unspecified atom stereocenters. The molecule has 4 nitrogen and oxygen atoms in total. The first-order valence-electron chi connectivity index (χ1n) is 7.41. The third-order valence-corrected chi connectivity index (χ3v) is 4.57. The Bertz CT molecular complexity index is 624. The first-order chi connectivity index (χ1) is 10.3. The van der Waals surface area contributed by atoms with Crippen LogP contribution in [0.1, 0.15) is 5.56 Å². The van der Waals surface area contributed by atoms with Crippen molar-refractivity contribution in [2.75, 3.05) is 24.5 Å². The number of rotatable bonds is 3. The fourth-order valence-electron chi connectivity index (χ4n) is 3.56. The number of carbonyl (C=O) groups excluding carboxylic acids is 1. The van der Waals surface area contributed by atoms with Crippen molar-refractivity contribution < 1.29 is 9.21 Å². The summed E-state index contributed by atoms with van der Waals surface area (Å²) in [6, 6.07) is 12.0. The molecule has 2 aliphatic heterocycles. The van der Waals surface area contributed by atoms with E-state index in [4.69, 9.17) is 4.42 Å². The molecule has 0 radical (unpaired) electrons. The molecule has 2 aliphatic rings. The van der Waals surface area contributed by atoms with E-state index in [2.05, 4.69) is 4.90 Å². The quantitative estimate of drug-likeness (QED) is 0.867. The topological polar surface area (TPSA) is 36.7 Å². The largest absolute Gasteiger partial charge is 0.472 e. The van der Waals surface area contributed by atoms with Gasteiger partial charge in [-0.15, -0.1) is 0 Å². The van der Waals surface area contributed by atoms with Gasteiger partial charge in [-0.1, -0.05) is 18.2 Å². The standard InChI is InChI=1S/C17H18N2O2/c20-17-16-11-18(8-13-6-7-21-12-13)9-14(16)10-19(17)15-4-2-1-3-5-15/h1-7,12,14,16H,8-11H2. The van der Waals surface area contributed by atoms with Crippen LogP contribution in [0.25, 0.3) is 0 Å². The van der Waals surface area contributed by atoms with E-state index < -0.39 is 0 Å². The molecule has 108 valence electrons. The van der Waals surface area contributed by atoms with Crippen LogP contribution in [-0.2, 0) is 11.3 Å². The predicted octanol–water partition coefficient (Wildman–Crippen LogP) is 2.37. The Morgan fingerprint density at radius 1 is 1.10 bits per heavy atom. The molecule has 0 aliphatic carbocycles. The minimum absolute atomic E-state index is 0.150. The molecular formula is C17H18N2O2. The summed E-state index contributed by atoms with van der Waals surface area (Å²) in [4.78, 5) is 16.9. The minimum Gasteiger partial charge on any atom is -0.472 e. The Labute approximate surface area is 124 Å². The van der Waals surface area contributed by atoms with Gasteiger partial charge < -0.3 is 9.32 Å². The van der Waals surface area contributed by atoms with Crippen molar-refractivity contribution in [2.45, 2.75) is 6.54 Å². The van der Waals surface area contributed by atoms with Gasteiger partial charge in [-0.3, -0.25) is 9.69 Å². The maximum absolute atomic E-state index is 12.6. The van der Waals surface area contributed by atoms with Crippen LogP contribution in [0.3, 0.4) is 0 Å². The Kier molecular flexibility index (Phi) is 3.04. The molecule has 2 saturated heterocycles. The van der Waals surface area contributed by atoms with E-state index in [0.29, 0.717) is 5.92 Å². The van der Waals surface area contributed by atoms with Gasteiger partial charge in [-0.05, 0) is 18.2 Å². The van der Waals surface area contributed by atoms with Crippen molar-refractivity contribution in [3.63, 3.8) is 0 Å². The molecular weight excluding hydrogens is 264 g/mol. The first kappa shape index (κ1) is 12.7. The van der Waals surface area contributed by atoms with E-state index in [1.807, 2.05) is 41.3 Å². The lowest BCUT2D eigenvalue weighted by Gasteiger charge is -2.21. The summed E-state index contributed by atoms with van der Waals surface area (Å²) in [6.07, 6.45) is 3.49. The highest BCUT2D eigenvalue weighted by molar-refractivity contribution is 5.98. The zero-order chi connectivity index (χ0) is 14.2. The van der Waals surface area contributed by atoms with E-state index in [0.717, 1.165) is 31.9 Å². The number of nitrogens with zero attached hydrogens (tertiary/aromatic N) is 2. The van der Waals surface area contributed by atoms with E-state index in [-0.39, 0.29) is 11.8 Å². The fourth-order valence-corrected chi connectivity index (χ4v) is 3.56. The molecule has 2 aromatic rings. The molecule has 4 heteroatoms. The highest BCUT2D eigenvalue weighted by atomic mass is 16.3. The van der Waals surface area contributed by atoms with Crippen LogP contribution in [0.5, 0.6) is 0 Å². The summed E-state index contributed by atoms with van der Waals surface area (Å²) >= 11 is 0. The third kappa shape index (κ3) is 2.25. The van der Waals surface area contributed by atoms with Crippen molar-refractivity contribution in [1.29, 1.82) is 0 Å². The van der Waals surface area contributed by atoms with Crippen molar-refractivity contribution in [2.24, 2.45) is 11.8 Å². The van der Waals surface area contributed by atoms with Crippen LogP contribution in [0.15, 0.2) is 53.3 Å². The maximum atomic E-state index is 12.6. The predicted molar refractivity (Wildman–Crippen MR) is 79.8 cm³/mol. The molecule has 2 fully saturated rings. The zero-order valence-corrected chi connectivity index (χ0v) is 11.8. The molecule has 1 aromatic heterocycles. The maximum Gasteiger partial charge on any atom is 0.231 e. The number of furan rings is 1. The number of carbonyl (C=O) groups is 1. The van der Waals surface area contributed by atoms with Gasteiger partial charge in [0.25, 0.3) is 0 Å². The van der Waals surface area contributed by atoms with Gasteiger partial charge in [0.1, 0.15) is 0 Å². The van der Waals surface area contributed by atoms with E-state index in [9.17, 15) is 4.79 Å². The number of hydrogen-bond donors (Lipinski definition) is 0. The number of likely N-dealkylation sites (tertiary alicyclic amines) is 1.